The van der Waals surface area contributed by atoms with Crippen LogP contribution < -0.4 is 5.32 Å². The monoisotopic (exact) mass is 270 g/mol. The van der Waals surface area contributed by atoms with Crippen molar-refractivity contribution in [3.63, 3.8) is 0 Å². The van der Waals surface area contributed by atoms with Crippen molar-refractivity contribution in [2.45, 2.75) is 19.3 Å². The van der Waals surface area contributed by atoms with Crippen LogP contribution in [0.3, 0.4) is 0 Å². The van der Waals surface area contributed by atoms with Crippen LogP contribution in [0.25, 0.3) is 0 Å². The molecule has 0 bridgehead atoms. The molecule has 0 unspecified atom stereocenters. The van der Waals surface area contributed by atoms with Gasteiger partial charge in [-0.15, -0.1) is 0 Å². The summed E-state index contributed by atoms with van der Waals surface area (Å²) in [7, 11) is 0. The smallest absolute Gasteiger partial charge is 0.127 e. The third-order valence-corrected chi connectivity index (χ3v) is 3.78. The number of nitrogens with one attached hydrogen (secondary N) is 1. The Hall–Kier alpha value is -0.640. The maximum absolute atomic E-state index is 13.5. The van der Waals surface area contributed by atoms with Crippen molar-refractivity contribution in [1.82, 2.24) is 10.2 Å². The summed E-state index contributed by atoms with van der Waals surface area (Å²) in [6, 6.07) is 4.90. The molecule has 1 aromatic rings. The Balaban J connectivity index is 1.71. The van der Waals surface area contributed by atoms with E-state index in [4.69, 9.17) is 11.6 Å². The molecule has 0 amide bonds. The topological polar surface area (TPSA) is 15.3 Å². The van der Waals surface area contributed by atoms with E-state index in [0.29, 0.717) is 10.6 Å². The van der Waals surface area contributed by atoms with Crippen LogP contribution in [0.5, 0.6) is 0 Å². The molecule has 1 saturated heterocycles. The normalized spacial score (nSPS) is 17.0. The molecular formula is C14H20ClFN2. The zero-order valence-corrected chi connectivity index (χ0v) is 11.3. The van der Waals surface area contributed by atoms with E-state index in [2.05, 4.69) is 10.2 Å². The van der Waals surface area contributed by atoms with E-state index in [0.717, 1.165) is 52.0 Å². The Morgan fingerprint density at radius 2 is 2.00 bits per heavy atom. The molecule has 0 radical (unpaired) electrons. The van der Waals surface area contributed by atoms with Crippen LogP contribution in [0, 0.1) is 5.82 Å². The van der Waals surface area contributed by atoms with E-state index in [-0.39, 0.29) is 5.82 Å². The largest absolute Gasteiger partial charge is 0.314 e. The second kappa shape index (κ2) is 7.07. The fourth-order valence-electron chi connectivity index (χ4n) is 2.34. The number of nitrogens with zero attached hydrogens (tertiary/aromatic N) is 1. The van der Waals surface area contributed by atoms with E-state index in [1.807, 2.05) is 0 Å². The van der Waals surface area contributed by atoms with Gasteiger partial charge in [-0.2, -0.15) is 0 Å². The molecule has 2 rings (SSSR count). The lowest BCUT2D eigenvalue weighted by Crippen LogP contribution is -2.43. The number of hydrogen-bond acceptors (Lipinski definition) is 2. The molecule has 0 aliphatic carbocycles. The van der Waals surface area contributed by atoms with Gasteiger partial charge in [-0.1, -0.05) is 17.7 Å². The molecule has 2 nitrogen and oxygen atoms in total. The molecule has 18 heavy (non-hydrogen) atoms. The Morgan fingerprint density at radius 1 is 1.22 bits per heavy atom. The second-order valence-electron chi connectivity index (χ2n) is 4.75. The van der Waals surface area contributed by atoms with Crippen LogP contribution in [-0.2, 0) is 6.42 Å². The number of piperazine rings is 1. The first-order valence-electron chi connectivity index (χ1n) is 6.63. The summed E-state index contributed by atoms with van der Waals surface area (Å²) in [6.07, 6.45) is 2.83. The summed E-state index contributed by atoms with van der Waals surface area (Å²) in [5.74, 6) is -0.176. The fourth-order valence-corrected chi connectivity index (χ4v) is 2.60. The Morgan fingerprint density at radius 3 is 2.72 bits per heavy atom. The SMILES string of the molecule is Fc1cccc(Cl)c1CCCCN1CCNCC1. The first-order chi connectivity index (χ1) is 8.77. The van der Waals surface area contributed by atoms with Crippen LogP contribution in [0.1, 0.15) is 18.4 Å². The van der Waals surface area contributed by atoms with Crippen LogP contribution in [0.2, 0.25) is 5.02 Å². The molecule has 1 N–H and O–H groups in total. The standard InChI is InChI=1S/C14H20ClFN2/c15-13-5-3-6-14(16)12(13)4-1-2-9-18-10-7-17-8-11-18/h3,5-6,17H,1-2,4,7-11H2. The average molecular weight is 271 g/mol. The number of halogens is 2. The lowest BCUT2D eigenvalue weighted by Gasteiger charge is -2.27. The number of benzene rings is 1. The van der Waals surface area contributed by atoms with Crippen molar-refractivity contribution in [3.8, 4) is 0 Å². The van der Waals surface area contributed by atoms with Gasteiger partial charge in [0, 0.05) is 36.8 Å². The highest BCUT2D eigenvalue weighted by atomic mass is 35.5. The third-order valence-electron chi connectivity index (χ3n) is 3.42. The van der Waals surface area contributed by atoms with Crippen molar-refractivity contribution < 1.29 is 4.39 Å². The van der Waals surface area contributed by atoms with Gasteiger partial charge in [-0.05, 0) is 37.9 Å². The van der Waals surface area contributed by atoms with Crippen molar-refractivity contribution in [1.29, 1.82) is 0 Å². The molecule has 0 aromatic heterocycles. The highest BCUT2D eigenvalue weighted by molar-refractivity contribution is 6.31. The van der Waals surface area contributed by atoms with E-state index in [1.165, 1.54) is 6.07 Å². The fraction of sp³-hybridized carbons (Fsp3) is 0.571. The summed E-state index contributed by atoms with van der Waals surface area (Å²) in [5, 5.41) is 3.89. The molecule has 1 aliphatic rings. The van der Waals surface area contributed by atoms with Crippen molar-refractivity contribution in [3.05, 3.63) is 34.6 Å². The Labute approximate surface area is 113 Å². The van der Waals surface area contributed by atoms with Gasteiger partial charge < -0.3 is 10.2 Å². The molecule has 1 aliphatic heterocycles. The zero-order valence-electron chi connectivity index (χ0n) is 10.6. The molecule has 1 heterocycles. The Kier molecular flexibility index (Phi) is 5.42. The van der Waals surface area contributed by atoms with Crippen molar-refractivity contribution in [2.75, 3.05) is 32.7 Å². The van der Waals surface area contributed by atoms with Gasteiger partial charge in [0.2, 0.25) is 0 Å². The highest BCUT2D eigenvalue weighted by Crippen LogP contribution is 2.20. The first kappa shape index (κ1) is 13.8. The van der Waals surface area contributed by atoms with Crippen molar-refractivity contribution >= 4 is 11.6 Å². The van der Waals surface area contributed by atoms with Crippen LogP contribution >= 0.6 is 11.6 Å². The molecular weight excluding hydrogens is 251 g/mol. The number of hydrogen-bond donors (Lipinski definition) is 1. The Bertz CT molecular complexity index is 358. The summed E-state index contributed by atoms with van der Waals surface area (Å²) >= 11 is 6.00. The quantitative estimate of drug-likeness (QED) is 0.828. The highest BCUT2D eigenvalue weighted by Gasteiger charge is 2.10. The van der Waals surface area contributed by atoms with Gasteiger partial charge in [0.05, 0.1) is 0 Å². The molecule has 0 atom stereocenters. The summed E-state index contributed by atoms with van der Waals surface area (Å²) in [6.45, 7) is 5.52. The third kappa shape index (κ3) is 3.94. The minimum atomic E-state index is -0.176. The number of unbranched alkanes of at least 4 members (excludes halogenated alkanes) is 1. The van der Waals surface area contributed by atoms with E-state index in [9.17, 15) is 4.39 Å². The van der Waals surface area contributed by atoms with Gasteiger partial charge in [0.1, 0.15) is 5.82 Å². The van der Waals surface area contributed by atoms with E-state index >= 15 is 0 Å². The average Bonchev–Trinajstić information content (AvgIpc) is 2.38. The molecule has 0 spiro atoms. The van der Waals surface area contributed by atoms with E-state index < -0.39 is 0 Å². The van der Waals surface area contributed by atoms with Gasteiger partial charge >= 0.3 is 0 Å². The first-order valence-corrected chi connectivity index (χ1v) is 7.01. The minimum absolute atomic E-state index is 0.176. The second-order valence-corrected chi connectivity index (χ2v) is 5.16. The number of rotatable bonds is 5. The lowest BCUT2D eigenvalue weighted by atomic mass is 10.1. The van der Waals surface area contributed by atoms with Gasteiger partial charge in [-0.25, -0.2) is 4.39 Å². The molecule has 4 heteroatoms. The van der Waals surface area contributed by atoms with E-state index in [1.54, 1.807) is 12.1 Å². The van der Waals surface area contributed by atoms with Crippen LogP contribution in [0.4, 0.5) is 4.39 Å². The van der Waals surface area contributed by atoms with Gasteiger partial charge in [-0.3, -0.25) is 0 Å². The minimum Gasteiger partial charge on any atom is -0.314 e. The maximum Gasteiger partial charge on any atom is 0.127 e. The predicted octanol–water partition coefficient (Wildman–Crippen LogP) is 2.71. The summed E-state index contributed by atoms with van der Waals surface area (Å²) < 4.78 is 13.5. The van der Waals surface area contributed by atoms with Gasteiger partial charge in [0.15, 0.2) is 0 Å². The maximum atomic E-state index is 13.5. The molecule has 0 saturated carbocycles. The predicted molar refractivity (Wildman–Crippen MR) is 73.7 cm³/mol. The van der Waals surface area contributed by atoms with Crippen LogP contribution in [0.15, 0.2) is 18.2 Å². The van der Waals surface area contributed by atoms with Gasteiger partial charge in [0.25, 0.3) is 0 Å². The van der Waals surface area contributed by atoms with Crippen molar-refractivity contribution in [2.24, 2.45) is 0 Å². The molecule has 1 aromatic carbocycles. The summed E-state index contributed by atoms with van der Waals surface area (Å²) in [4.78, 5) is 2.46. The summed E-state index contributed by atoms with van der Waals surface area (Å²) in [5.41, 5.74) is 0.666. The molecule has 1 fully saturated rings. The zero-order chi connectivity index (χ0) is 12.8. The molecule has 100 valence electrons. The van der Waals surface area contributed by atoms with Crippen LogP contribution in [-0.4, -0.2) is 37.6 Å². The lowest BCUT2D eigenvalue weighted by molar-refractivity contribution is 0.237.